The molecule has 1 fully saturated rings. The lowest BCUT2D eigenvalue weighted by molar-refractivity contribution is -0.384. The van der Waals surface area contributed by atoms with Gasteiger partial charge in [0.25, 0.3) is 5.69 Å². The number of hydrogen-bond donors (Lipinski definition) is 1. The van der Waals surface area contributed by atoms with Gasteiger partial charge in [-0.1, -0.05) is 25.5 Å². The van der Waals surface area contributed by atoms with Crippen LogP contribution in [0.4, 0.5) is 5.69 Å². The molecule has 0 bridgehead atoms. The number of carboxylic acids is 1. The van der Waals surface area contributed by atoms with Crippen LogP contribution >= 0.6 is 0 Å². The van der Waals surface area contributed by atoms with Crippen LogP contribution in [0.5, 0.6) is 0 Å². The first kappa shape index (κ1) is 19.8. The summed E-state index contributed by atoms with van der Waals surface area (Å²) in [6.07, 6.45) is 2.34. The second-order valence-corrected chi connectivity index (χ2v) is 6.65. The Balaban J connectivity index is 2.02. The van der Waals surface area contributed by atoms with Crippen molar-refractivity contribution in [1.29, 1.82) is 0 Å². The molecule has 1 saturated heterocycles. The number of benzene rings is 1. The smallest absolute Gasteiger partial charge is 0.307 e. The molecule has 0 spiro atoms. The van der Waals surface area contributed by atoms with E-state index < -0.39 is 16.8 Å². The van der Waals surface area contributed by atoms with Crippen LogP contribution in [0, 0.1) is 16.0 Å². The minimum Gasteiger partial charge on any atom is -0.481 e. The Labute approximate surface area is 152 Å². The molecule has 1 atom stereocenters. The summed E-state index contributed by atoms with van der Waals surface area (Å²) < 4.78 is 0. The van der Waals surface area contributed by atoms with Crippen molar-refractivity contribution in [2.24, 2.45) is 5.92 Å². The zero-order chi connectivity index (χ0) is 19.1. The summed E-state index contributed by atoms with van der Waals surface area (Å²) in [6.45, 7) is 4.10. The summed E-state index contributed by atoms with van der Waals surface area (Å²) in [5.41, 5.74) is 0.725. The van der Waals surface area contributed by atoms with E-state index in [-0.39, 0.29) is 18.1 Å². The predicted molar refractivity (Wildman–Crippen MR) is 95.6 cm³/mol. The van der Waals surface area contributed by atoms with Gasteiger partial charge in [0, 0.05) is 31.8 Å². The first-order valence-corrected chi connectivity index (χ1v) is 8.87. The van der Waals surface area contributed by atoms with Gasteiger partial charge in [-0.15, -0.1) is 0 Å². The molecule has 26 heavy (non-hydrogen) atoms. The average molecular weight is 363 g/mol. The monoisotopic (exact) mass is 363 g/mol. The number of carboxylic acid groups (broad SMARTS) is 1. The number of carbonyl (C=O) groups excluding carboxylic acids is 1. The molecule has 0 aromatic heterocycles. The molecule has 8 nitrogen and oxygen atoms in total. The third kappa shape index (κ3) is 5.52. The van der Waals surface area contributed by atoms with Gasteiger partial charge in [-0.3, -0.25) is 24.6 Å². The lowest BCUT2D eigenvalue weighted by Gasteiger charge is -2.25. The van der Waals surface area contributed by atoms with Gasteiger partial charge in [-0.25, -0.2) is 0 Å². The summed E-state index contributed by atoms with van der Waals surface area (Å²) in [5.74, 6) is -1.31. The molecule has 2 rings (SSSR count). The van der Waals surface area contributed by atoms with E-state index in [1.165, 1.54) is 12.1 Å². The van der Waals surface area contributed by atoms with E-state index in [0.29, 0.717) is 38.2 Å². The molecule has 1 amide bonds. The van der Waals surface area contributed by atoms with Gasteiger partial charge in [-0.05, 0) is 24.9 Å². The van der Waals surface area contributed by atoms with Gasteiger partial charge in [0.05, 0.1) is 17.4 Å². The van der Waals surface area contributed by atoms with Crippen molar-refractivity contribution in [1.82, 2.24) is 9.80 Å². The van der Waals surface area contributed by atoms with Crippen molar-refractivity contribution in [3.63, 3.8) is 0 Å². The number of aliphatic carboxylic acids is 1. The third-order valence-electron chi connectivity index (χ3n) is 4.61. The zero-order valence-electron chi connectivity index (χ0n) is 15.0. The minimum absolute atomic E-state index is 0.00855. The highest BCUT2D eigenvalue weighted by atomic mass is 16.6. The number of carbonyl (C=O) groups is 2. The maximum atomic E-state index is 12.7. The Morgan fingerprint density at radius 1 is 1.42 bits per heavy atom. The molecule has 0 radical (unpaired) electrons. The van der Waals surface area contributed by atoms with Crippen molar-refractivity contribution in [2.75, 3.05) is 26.2 Å². The number of nitrogens with zero attached hydrogens (tertiary/aromatic N) is 3. The molecule has 8 heteroatoms. The van der Waals surface area contributed by atoms with Crippen molar-refractivity contribution in [3.05, 3.63) is 39.9 Å². The lowest BCUT2D eigenvalue weighted by Crippen LogP contribution is -2.40. The third-order valence-corrected chi connectivity index (χ3v) is 4.61. The van der Waals surface area contributed by atoms with E-state index in [9.17, 15) is 19.7 Å². The molecular formula is C18H25N3O5. The Hall–Kier alpha value is -2.48. The van der Waals surface area contributed by atoms with Crippen molar-refractivity contribution in [2.45, 2.75) is 32.7 Å². The molecule has 1 aromatic carbocycles. The fraction of sp³-hybridized carbons (Fsp3) is 0.556. The molecule has 1 N–H and O–H groups in total. The average Bonchev–Trinajstić information content (AvgIpc) is 3.07. The molecule has 1 heterocycles. The number of rotatable bonds is 9. The Morgan fingerprint density at radius 3 is 2.81 bits per heavy atom. The number of likely N-dealkylation sites (tertiary alicyclic amines) is 1. The van der Waals surface area contributed by atoms with Crippen LogP contribution < -0.4 is 0 Å². The lowest BCUT2D eigenvalue weighted by atomic mass is 10.1. The Kier molecular flexibility index (Phi) is 7.08. The zero-order valence-corrected chi connectivity index (χ0v) is 15.0. The molecule has 1 aliphatic heterocycles. The highest BCUT2D eigenvalue weighted by Crippen LogP contribution is 2.18. The number of nitro benzene ring substituents is 1. The summed E-state index contributed by atoms with van der Waals surface area (Å²) in [6, 6.07) is 6.31. The van der Waals surface area contributed by atoms with Crippen LogP contribution in [0.2, 0.25) is 0 Å². The van der Waals surface area contributed by atoms with Crippen LogP contribution in [0.15, 0.2) is 24.3 Å². The summed E-state index contributed by atoms with van der Waals surface area (Å²) >= 11 is 0. The molecule has 1 aliphatic rings. The van der Waals surface area contributed by atoms with Crippen LogP contribution in [0.25, 0.3) is 0 Å². The predicted octanol–water partition coefficient (Wildman–Crippen LogP) is 2.13. The molecule has 1 unspecified atom stereocenters. The standard InChI is InChI=1S/C18H25N3O5/c1-2-3-8-20(11-14-5-4-6-16(10-14)21(25)26)17(22)13-19-9-7-15(12-19)18(23)24/h4-6,10,15H,2-3,7-9,11-13H2,1H3,(H,23,24). The van der Waals surface area contributed by atoms with Gasteiger partial charge in [-0.2, -0.15) is 0 Å². The first-order chi connectivity index (χ1) is 12.4. The summed E-state index contributed by atoms with van der Waals surface area (Å²) in [4.78, 5) is 37.8. The molecule has 142 valence electrons. The van der Waals surface area contributed by atoms with Crippen molar-refractivity contribution >= 4 is 17.6 Å². The van der Waals surface area contributed by atoms with Crippen LogP contribution in [0.3, 0.4) is 0 Å². The fourth-order valence-electron chi connectivity index (χ4n) is 3.10. The fourth-order valence-corrected chi connectivity index (χ4v) is 3.10. The molecule has 1 aromatic rings. The van der Waals surface area contributed by atoms with Crippen LogP contribution in [-0.2, 0) is 16.1 Å². The van der Waals surface area contributed by atoms with E-state index in [1.807, 2.05) is 11.8 Å². The maximum absolute atomic E-state index is 12.7. The van der Waals surface area contributed by atoms with Crippen molar-refractivity contribution < 1.29 is 19.6 Å². The van der Waals surface area contributed by atoms with Crippen LogP contribution in [-0.4, -0.2) is 57.9 Å². The summed E-state index contributed by atoms with van der Waals surface area (Å²) in [5, 5.41) is 20.0. The Morgan fingerprint density at radius 2 is 2.19 bits per heavy atom. The van der Waals surface area contributed by atoms with Gasteiger partial charge >= 0.3 is 5.97 Å². The highest BCUT2D eigenvalue weighted by molar-refractivity contribution is 5.78. The Bertz CT molecular complexity index is 664. The van der Waals surface area contributed by atoms with Crippen molar-refractivity contribution in [3.8, 4) is 0 Å². The number of non-ortho nitro benzene ring substituents is 1. The second kappa shape index (κ2) is 9.28. The van der Waals surface area contributed by atoms with Gasteiger partial charge < -0.3 is 10.0 Å². The van der Waals surface area contributed by atoms with Gasteiger partial charge in [0.15, 0.2) is 0 Å². The minimum atomic E-state index is -0.820. The topological polar surface area (TPSA) is 104 Å². The number of amides is 1. The molecule has 0 aliphatic carbocycles. The SMILES string of the molecule is CCCCN(Cc1cccc([N+](=O)[O-])c1)C(=O)CN1CCC(C(=O)O)C1. The number of unbranched alkanes of at least 4 members (excludes halogenated alkanes) is 1. The van der Waals surface area contributed by atoms with Crippen LogP contribution in [0.1, 0.15) is 31.7 Å². The van der Waals surface area contributed by atoms with E-state index in [0.717, 1.165) is 12.8 Å². The van der Waals surface area contributed by atoms with E-state index >= 15 is 0 Å². The molecular weight excluding hydrogens is 338 g/mol. The van der Waals surface area contributed by atoms with E-state index in [4.69, 9.17) is 5.11 Å². The van der Waals surface area contributed by atoms with E-state index in [2.05, 4.69) is 0 Å². The number of nitro groups is 1. The highest BCUT2D eigenvalue weighted by Gasteiger charge is 2.30. The quantitative estimate of drug-likeness (QED) is 0.532. The summed E-state index contributed by atoms with van der Waals surface area (Å²) in [7, 11) is 0. The van der Waals surface area contributed by atoms with Gasteiger partial charge in [0.1, 0.15) is 0 Å². The maximum Gasteiger partial charge on any atom is 0.307 e. The molecule has 0 saturated carbocycles. The normalized spacial score (nSPS) is 17.2. The van der Waals surface area contributed by atoms with E-state index in [1.54, 1.807) is 17.0 Å². The second-order valence-electron chi connectivity index (χ2n) is 6.65. The largest absolute Gasteiger partial charge is 0.481 e. The first-order valence-electron chi connectivity index (χ1n) is 8.87. The van der Waals surface area contributed by atoms with Gasteiger partial charge in [0.2, 0.25) is 5.91 Å². The number of hydrogen-bond acceptors (Lipinski definition) is 5.